The zero-order valence-electron chi connectivity index (χ0n) is 12.4. The van der Waals surface area contributed by atoms with Crippen LogP contribution in [0.25, 0.3) is 0 Å². The highest BCUT2D eigenvalue weighted by molar-refractivity contribution is 5.75. The molecule has 0 saturated heterocycles. The lowest BCUT2D eigenvalue weighted by Crippen LogP contribution is -2.43. The van der Waals surface area contributed by atoms with Gasteiger partial charge in [-0.3, -0.25) is 4.79 Å². The maximum absolute atomic E-state index is 11.9. The molecule has 0 radical (unpaired) electrons. The van der Waals surface area contributed by atoms with Crippen molar-refractivity contribution in [2.24, 2.45) is 17.3 Å². The number of carbonyl (C=O) groups is 1. The van der Waals surface area contributed by atoms with Gasteiger partial charge in [0.15, 0.2) is 0 Å². The zero-order chi connectivity index (χ0) is 13.6. The third-order valence-corrected chi connectivity index (χ3v) is 5.18. The Bertz CT molecular complexity index is 262. The Kier molecular flexibility index (Phi) is 6.17. The molecule has 0 spiro atoms. The van der Waals surface area contributed by atoms with Crippen molar-refractivity contribution in [1.82, 2.24) is 0 Å². The van der Waals surface area contributed by atoms with Gasteiger partial charge in [-0.25, -0.2) is 0 Å². The summed E-state index contributed by atoms with van der Waals surface area (Å²) in [6, 6.07) is 0. The SMILES string of the molecule is CCCCC(CC)(C(=O)O)C1CCCCC1CC. The molecule has 1 rings (SSSR count). The first-order valence-electron chi connectivity index (χ1n) is 7.85. The Morgan fingerprint density at radius 2 is 1.89 bits per heavy atom. The summed E-state index contributed by atoms with van der Waals surface area (Å²) >= 11 is 0. The quantitative estimate of drug-likeness (QED) is 0.703. The van der Waals surface area contributed by atoms with Crippen molar-refractivity contribution in [2.45, 2.75) is 78.6 Å². The normalized spacial score (nSPS) is 27.7. The molecule has 3 atom stereocenters. The van der Waals surface area contributed by atoms with E-state index in [1.54, 1.807) is 0 Å². The monoisotopic (exact) mass is 254 g/mol. The van der Waals surface area contributed by atoms with Crippen LogP contribution in [0.5, 0.6) is 0 Å². The van der Waals surface area contributed by atoms with Crippen LogP contribution >= 0.6 is 0 Å². The summed E-state index contributed by atoms with van der Waals surface area (Å²) in [6.07, 6.45) is 9.84. The van der Waals surface area contributed by atoms with Crippen LogP contribution < -0.4 is 0 Å². The summed E-state index contributed by atoms with van der Waals surface area (Å²) in [5, 5.41) is 9.82. The highest BCUT2D eigenvalue weighted by Crippen LogP contribution is 2.48. The summed E-state index contributed by atoms with van der Waals surface area (Å²) in [6.45, 7) is 6.45. The van der Waals surface area contributed by atoms with Gasteiger partial charge >= 0.3 is 5.97 Å². The summed E-state index contributed by atoms with van der Waals surface area (Å²) in [5.74, 6) is 0.501. The van der Waals surface area contributed by atoms with Crippen LogP contribution in [0.15, 0.2) is 0 Å². The van der Waals surface area contributed by atoms with Gasteiger partial charge in [-0.15, -0.1) is 0 Å². The number of hydrogen-bond acceptors (Lipinski definition) is 1. The van der Waals surface area contributed by atoms with Crippen LogP contribution in [0.2, 0.25) is 0 Å². The molecule has 1 saturated carbocycles. The highest BCUT2D eigenvalue weighted by atomic mass is 16.4. The number of carboxylic acid groups (broad SMARTS) is 1. The number of aliphatic carboxylic acids is 1. The number of unbranched alkanes of at least 4 members (excludes halogenated alkanes) is 1. The van der Waals surface area contributed by atoms with Crippen molar-refractivity contribution in [2.75, 3.05) is 0 Å². The Morgan fingerprint density at radius 1 is 1.22 bits per heavy atom. The maximum atomic E-state index is 11.9. The van der Waals surface area contributed by atoms with E-state index in [2.05, 4.69) is 20.8 Å². The van der Waals surface area contributed by atoms with Gasteiger partial charge < -0.3 is 5.11 Å². The van der Waals surface area contributed by atoms with Gasteiger partial charge in [0.2, 0.25) is 0 Å². The third kappa shape index (κ3) is 3.07. The lowest BCUT2D eigenvalue weighted by Gasteiger charge is -2.43. The van der Waals surface area contributed by atoms with Gasteiger partial charge in [0.05, 0.1) is 5.41 Å². The fourth-order valence-corrected chi connectivity index (χ4v) is 3.96. The molecule has 2 nitrogen and oxygen atoms in total. The van der Waals surface area contributed by atoms with Crippen LogP contribution in [-0.4, -0.2) is 11.1 Å². The van der Waals surface area contributed by atoms with Crippen LogP contribution in [-0.2, 0) is 4.79 Å². The molecule has 1 aliphatic carbocycles. The lowest BCUT2D eigenvalue weighted by molar-refractivity contribution is -0.157. The molecule has 3 unspecified atom stereocenters. The highest BCUT2D eigenvalue weighted by Gasteiger charge is 2.46. The van der Waals surface area contributed by atoms with E-state index in [4.69, 9.17) is 0 Å². The van der Waals surface area contributed by atoms with Crippen molar-refractivity contribution < 1.29 is 9.90 Å². The van der Waals surface area contributed by atoms with E-state index in [1.165, 1.54) is 19.3 Å². The minimum atomic E-state index is -0.538. The molecule has 0 aromatic heterocycles. The van der Waals surface area contributed by atoms with Crippen LogP contribution in [0, 0.1) is 17.3 Å². The number of rotatable bonds is 7. The Hall–Kier alpha value is -0.530. The largest absolute Gasteiger partial charge is 0.481 e. The first-order chi connectivity index (χ1) is 8.62. The van der Waals surface area contributed by atoms with Crippen molar-refractivity contribution in [3.63, 3.8) is 0 Å². The number of carboxylic acids is 1. The molecular weight excluding hydrogens is 224 g/mol. The summed E-state index contributed by atoms with van der Waals surface area (Å²) in [4.78, 5) is 11.9. The Balaban J connectivity index is 2.94. The average Bonchev–Trinajstić information content (AvgIpc) is 2.40. The van der Waals surface area contributed by atoms with Crippen molar-refractivity contribution >= 4 is 5.97 Å². The maximum Gasteiger partial charge on any atom is 0.309 e. The van der Waals surface area contributed by atoms with Gasteiger partial charge in [0, 0.05) is 0 Å². The van der Waals surface area contributed by atoms with Gasteiger partial charge in [0.25, 0.3) is 0 Å². The fraction of sp³-hybridized carbons (Fsp3) is 0.938. The topological polar surface area (TPSA) is 37.3 Å². The summed E-state index contributed by atoms with van der Waals surface area (Å²) in [7, 11) is 0. The Labute approximate surface area is 112 Å². The smallest absolute Gasteiger partial charge is 0.309 e. The molecule has 0 heterocycles. The van der Waals surface area contributed by atoms with Crippen molar-refractivity contribution in [3.8, 4) is 0 Å². The molecule has 0 aliphatic heterocycles. The molecule has 0 bridgehead atoms. The Morgan fingerprint density at radius 3 is 2.39 bits per heavy atom. The van der Waals surface area contributed by atoms with Gasteiger partial charge in [0.1, 0.15) is 0 Å². The van der Waals surface area contributed by atoms with Gasteiger partial charge in [-0.1, -0.05) is 59.3 Å². The summed E-state index contributed by atoms with van der Waals surface area (Å²) in [5.41, 5.74) is -0.447. The van der Waals surface area contributed by atoms with Gasteiger partial charge in [-0.05, 0) is 31.1 Å². The molecule has 18 heavy (non-hydrogen) atoms. The van der Waals surface area contributed by atoms with E-state index in [1.807, 2.05) is 0 Å². The first kappa shape index (κ1) is 15.5. The molecule has 1 fully saturated rings. The molecule has 1 aliphatic rings. The van der Waals surface area contributed by atoms with Crippen molar-refractivity contribution in [1.29, 1.82) is 0 Å². The molecule has 1 N–H and O–H groups in total. The molecule has 106 valence electrons. The average molecular weight is 254 g/mol. The van der Waals surface area contributed by atoms with Gasteiger partial charge in [-0.2, -0.15) is 0 Å². The minimum Gasteiger partial charge on any atom is -0.481 e. The molecule has 2 heteroatoms. The number of hydrogen-bond donors (Lipinski definition) is 1. The van der Waals surface area contributed by atoms with Crippen LogP contribution in [0.4, 0.5) is 0 Å². The second-order valence-corrected chi connectivity index (χ2v) is 5.98. The summed E-state index contributed by atoms with van der Waals surface area (Å²) < 4.78 is 0. The molecule has 0 aromatic rings. The van der Waals surface area contributed by atoms with Crippen molar-refractivity contribution in [3.05, 3.63) is 0 Å². The predicted octanol–water partition coefficient (Wildman–Crippen LogP) is 4.87. The van der Waals surface area contributed by atoms with E-state index in [-0.39, 0.29) is 0 Å². The third-order valence-electron chi connectivity index (χ3n) is 5.18. The van der Waals surface area contributed by atoms with Crippen LogP contribution in [0.3, 0.4) is 0 Å². The standard InChI is InChI=1S/C16H30O2/c1-4-7-12-16(6-3,15(17)18)14-11-9-8-10-13(14)5-2/h13-14H,4-12H2,1-3H3,(H,17,18). The first-order valence-corrected chi connectivity index (χ1v) is 7.85. The molecule has 0 aromatic carbocycles. The second-order valence-electron chi connectivity index (χ2n) is 5.98. The second kappa shape index (κ2) is 7.16. The van der Waals surface area contributed by atoms with E-state index in [9.17, 15) is 9.90 Å². The molecular formula is C16H30O2. The minimum absolute atomic E-state index is 0.408. The van der Waals surface area contributed by atoms with E-state index >= 15 is 0 Å². The van der Waals surface area contributed by atoms with Crippen LogP contribution in [0.1, 0.15) is 78.6 Å². The lowest BCUT2D eigenvalue weighted by atomic mass is 9.60. The predicted molar refractivity (Wildman–Crippen MR) is 75.6 cm³/mol. The van der Waals surface area contributed by atoms with E-state index in [0.29, 0.717) is 11.8 Å². The zero-order valence-corrected chi connectivity index (χ0v) is 12.4. The van der Waals surface area contributed by atoms with E-state index in [0.717, 1.165) is 38.5 Å². The fourth-order valence-electron chi connectivity index (χ4n) is 3.96. The molecule has 0 amide bonds. The van der Waals surface area contributed by atoms with E-state index < -0.39 is 11.4 Å².